The van der Waals surface area contributed by atoms with E-state index in [9.17, 15) is 9.59 Å². The van der Waals surface area contributed by atoms with Gasteiger partial charge in [0.25, 0.3) is 0 Å². The summed E-state index contributed by atoms with van der Waals surface area (Å²) in [6.45, 7) is 1.23. The predicted octanol–water partition coefficient (Wildman–Crippen LogP) is 5.91. The molecule has 0 heterocycles. The van der Waals surface area contributed by atoms with Crippen molar-refractivity contribution in [2.45, 2.75) is 51.4 Å². The molecule has 0 saturated heterocycles. The molecule has 0 aliphatic rings. The second kappa shape index (κ2) is 14.9. The molecule has 0 unspecified atom stereocenters. The van der Waals surface area contributed by atoms with Gasteiger partial charge in [-0.2, -0.15) is 0 Å². The number of rotatable bonds is 17. The first kappa shape index (κ1) is 25.2. The van der Waals surface area contributed by atoms with Gasteiger partial charge in [-0.05, 0) is 49.2 Å². The molecule has 0 saturated carbocycles. The van der Waals surface area contributed by atoms with E-state index in [2.05, 4.69) is 0 Å². The monoisotopic (exact) mass is 442 g/mol. The molecule has 0 aliphatic heterocycles. The highest BCUT2D eigenvalue weighted by Crippen LogP contribution is 2.28. The van der Waals surface area contributed by atoms with Crippen LogP contribution in [0.1, 0.15) is 72.1 Å². The van der Waals surface area contributed by atoms with E-state index in [4.69, 9.17) is 18.9 Å². The van der Waals surface area contributed by atoms with Crippen molar-refractivity contribution in [2.24, 2.45) is 0 Å². The van der Waals surface area contributed by atoms with Crippen LogP contribution in [0.5, 0.6) is 23.0 Å². The number of carbonyl (C=O) groups excluding carboxylic acids is 2. The van der Waals surface area contributed by atoms with Gasteiger partial charge < -0.3 is 18.9 Å². The first-order chi connectivity index (χ1) is 15.7. The van der Waals surface area contributed by atoms with Gasteiger partial charge in [-0.15, -0.1) is 0 Å². The van der Waals surface area contributed by atoms with Gasteiger partial charge >= 0.3 is 0 Å². The van der Waals surface area contributed by atoms with Crippen LogP contribution in [0.2, 0.25) is 0 Å². The standard InChI is InChI=1S/C26H34O6/c1-29-23-13-11-21(19-27)17-25(23)31-15-9-7-5-3-4-6-8-10-16-32-26-18-22(20-28)12-14-24(26)30-2/h11-14,17-20H,3-10,15-16H2,1-2H3. The average molecular weight is 443 g/mol. The zero-order chi connectivity index (χ0) is 23.0. The summed E-state index contributed by atoms with van der Waals surface area (Å²) in [6.07, 6.45) is 10.6. The van der Waals surface area contributed by atoms with Crippen LogP contribution in [0.25, 0.3) is 0 Å². The minimum absolute atomic E-state index is 0.583. The maximum absolute atomic E-state index is 10.9. The Labute approximate surface area is 190 Å². The average Bonchev–Trinajstić information content (AvgIpc) is 2.84. The number of unbranched alkanes of at least 4 members (excludes halogenated alkanes) is 7. The molecule has 6 nitrogen and oxygen atoms in total. The first-order valence-electron chi connectivity index (χ1n) is 11.2. The molecule has 0 bridgehead atoms. The largest absolute Gasteiger partial charge is 0.493 e. The number of methoxy groups -OCH3 is 2. The summed E-state index contributed by atoms with van der Waals surface area (Å²) < 4.78 is 22.1. The number of ether oxygens (including phenoxy) is 4. The maximum atomic E-state index is 10.9. The molecular weight excluding hydrogens is 408 g/mol. The lowest BCUT2D eigenvalue weighted by Crippen LogP contribution is -2.00. The van der Waals surface area contributed by atoms with E-state index >= 15 is 0 Å². The van der Waals surface area contributed by atoms with E-state index in [-0.39, 0.29) is 0 Å². The third kappa shape index (κ3) is 8.61. The van der Waals surface area contributed by atoms with Crippen LogP contribution in [-0.2, 0) is 0 Å². The molecular formula is C26H34O6. The molecule has 6 heteroatoms. The highest BCUT2D eigenvalue weighted by Gasteiger charge is 2.06. The van der Waals surface area contributed by atoms with Crippen molar-refractivity contribution in [2.75, 3.05) is 27.4 Å². The summed E-state index contributed by atoms with van der Waals surface area (Å²) in [6, 6.07) is 10.4. The van der Waals surface area contributed by atoms with Crippen molar-refractivity contribution in [3.63, 3.8) is 0 Å². The molecule has 0 aliphatic carbocycles. The molecule has 0 aromatic heterocycles. The first-order valence-corrected chi connectivity index (χ1v) is 11.2. The SMILES string of the molecule is COc1ccc(C=O)cc1OCCCCCCCCCCOc1cc(C=O)ccc1OC. The van der Waals surface area contributed by atoms with E-state index in [1.165, 1.54) is 25.7 Å². The maximum Gasteiger partial charge on any atom is 0.161 e. The molecule has 32 heavy (non-hydrogen) atoms. The highest BCUT2D eigenvalue weighted by atomic mass is 16.5. The van der Waals surface area contributed by atoms with Crippen LogP contribution in [0.3, 0.4) is 0 Å². The zero-order valence-electron chi connectivity index (χ0n) is 19.1. The van der Waals surface area contributed by atoms with Crippen molar-refractivity contribution >= 4 is 12.6 Å². The smallest absolute Gasteiger partial charge is 0.161 e. The van der Waals surface area contributed by atoms with Crippen LogP contribution >= 0.6 is 0 Å². The Morgan fingerprint density at radius 3 is 1.28 bits per heavy atom. The van der Waals surface area contributed by atoms with Crippen molar-refractivity contribution in [1.29, 1.82) is 0 Å². The quantitative estimate of drug-likeness (QED) is 0.224. The summed E-state index contributed by atoms with van der Waals surface area (Å²) in [7, 11) is 3.19. The molecule has 0 spiro atoms. The molecule has 0 amide bonds. The van der Waals surface area contributed by atoms with Crippen molar-refractivity contribution in [3.8, 4) is 23.0 Å². The Hall–Kier alpha value is -3.02. The van der Waals surface area contributed by atoms with Gasteiger partial charge in [0.1, 0.15) is 12.6 Å². The fourth-order valence-corrected chi connectivity index (χ4v) is 3.39. The van der Waals surface area contributed by atoms with E-state index in [1.807, 2.05) is 0 Å². The Kier molecular flexibility index (Phi) is 11.7. The second-order valence-electron chi connectivity index (χ2n) is 7.58. The molecule has 0 radical (unpaired) electrons. The molecule has 0 atom stereocenters. The molecule has 2 aromatic carbocycles. The Balaban J connectivity index is 1.49. The summed E-state index contributed by atoms with van der Waals surface area (Å²) in [4.78, 5) is 21.8. The van der Waals surface area contributed by atoms with E-state index < -0.39 is 0 Å². The van der Waals surface area contributed by atoms with Crippen LogP contribution in [0, 0.1) is 0 Å². The molecule has 2 aromatic rings. The third-order valence-electron chi connectivity index (χ3n) is 5.20. The van der Waals surface area contributed by atoms with Gasteiger partial charge in [0.2, 0.25) is 0 Å². The number of benzene rings is 2. The fraction of sp³-hybridized carbons (Fsp3) is 0.462. The second-order valence-corrected chi connectivity index (χ2v) is 7.58. The number of carbonyl (C=O) groups is 2. The summed E-state index contributed by atoms with van der Waals surface area (Å²) >= 11 is 0. The van der Waals surface area contributed by atoms with Crippen LogP contribution in [-0.4, -0.2) is 40.0 Å². The Morgan fingerprint density at radius 2 is 0.938 bits per heavy atom. The van der Waals surface area contributed by atoms with Gasteiger partial charge in [0, 0.05) is 11.1 Å². The Morgan fingerprint density at radius 1 is 0.562 bits per heavy atom. The Bertz CT molecular complexity index is 764. The summed E-state index contributed by atoms with van der Waals surface area (Å²) in [5.74, 6) is 2.54. The lowest BCUT2D eigenvalue weighted by molar-refractivity contribution is 0.111. The number of hydrogen-bond donors (Lipinski definition) is 0. The van der Waals surface area contributed by atoms with Gasteiger partial charge in [-0.3, -0.25) is 9.59 Å². The number of hydrogen-bond acceptors (Lipinski definition) is 6. The van der Waals surface area contributed by atoms with Crippen molar-refractivity contribution in [1.82, 2.24) is 0 Å². The molecule has 0 fully saturated rings. The zero-order valence-corrected chi connectivity index (χ0v) is 19.1. The van der Waals surface area contributed by atoms with Gasteiger partial charge in [0.15, 0.2) is 23.0 Å². The third-order valence-corrected chi connectivity index (χ3v) is 5.20. The summed E-state index contributed by atoms with van der Waals surface area (Å²) in [5, 5.41) is 0. The normalized spacial score (nSPS) is 10.4. The van der Waals surface area contributed by atoms with Crippen LogP contribution < -0.4 is 18.9 Å². The topological polar surface area (TPSA) is 71.1 Å². The lowest BCUT2D eigenvalue weighted by Gasteiger charge is -2.11. The molecule has 0 N–H and O–H groups in total. The fourth-order valence-electron chi connectivity index (χ4n) is 3.39. The molecule has 174 valence electrons. The molecule has 2 rings (SSSR count). The van der Waals surface area contributed by atoms with Crippen molar-refractivity contribution < 1.29 is 28.5 Å². The van der Waals surface area contributed by atoms with E-state index in [1.54, 1.807) is 50.6 Å². The number of aldehydes is 2. The minimum atomic E-state index is 0.583. The lowest BCUT2D eigenvalue weighted by atomic mass is 10.1. The van der Waals surface area contributed by atoms with E-state index in [0.717, 1.165) is 38.3 Å². The summed E-state index contributed by atoms with van der Waals surface area (Å²) in [5.41, 5.74) is 1.17. The minimum Gasteiger partial charge on any atom is -0.493 e. The predicted molar refractivity (Wildman–Crippen MR) is 125 cm³/mol. The van der Waals surface area contributed by atoms with E-state index in [0.29, 0.717) is 47.3 Å². The van der Waals surface area contributed by atoms with Gasteiger partial charge in [-0.1, -0.05) is 38.5 Å². The van der Waals surface area contributed by atoms with Crippen LogP contribution in [0.15, 0.2) is 36.4 Å². The highest BCUT2D eigenvalue weighted by molar-refractivity contribution is 5.76. The van der Waals surface area contributed by atoms with Gasteiger partial charge in [-0.25, -0.2) is 0 Å². The van der Waals surface area contributed by atoms with Gasteiger partial charge in [0.05, 0.1) is 27.4 Å². The van der Waals surface area contributed by atoms with Crippen LogP contribution in [0.4, 0.5) is 0 Å². The van der Waals surface area contributed by atoms with Crippen molar-refractivity contribution in [3.05, 3.63) is 47.5 Å².